The second-order valence-electron chi connectivity index (χ2n) is 4.87. The van der Waals surface area contributed by atoms with Gasteiger partial charge in [-0.25, -0.2) is 0 Å². The highest BCUT2D eigenvalue weighted by Gasteiger charge is 2.48. The van der Waals surface area contributed by atoms with Crippen LogP contribution in [0.1, 0.15) is 33.6 Å². The minimum Gasteiger partial charge on any atom is -0.469 e. The highest BCUT2D eigenvalue weighted by atomic mass is 16.5. The van der Waals surface area contributed by atoms with Crippen molar-refractivity contribution in [2.24, 2.45) is 10.8 Å². The van der Waals surface area contributed by atoms with Crippen LogP contribution in [0.3, 0.4) is 0 Å². The number of rotatable bonds is 1. The lowest BCUT2D eigenvalue weighted by atomic mass is 9.57. The molecule has 0 heterocycles. The van der Waals surface area contributed by atoms with Gasteiger partial charge in [-0.05, 0) is 25.2 Å². The molecule has 76 valence electrons. The summed E-state index contributed by atoms with van der Waals surface area (Å²) in [7, 11) is 7.22. The van der Waals surface area contributed by atoms with Crippen molar-refractivity contribution in [3.63, 3.8) is 0 Å². The Kier molecular flexibility index (Phi) is 2.80. The van der Waals surface area contributed by atoms with E-state index in [0.29, 0.717) is 6.42 Å². The Morgan fingerprint density at radius 2 is 2.07 bits per heavy atom. The van der Waals surface area contributed by atoms with Gasteiger partial charge in [-0.1, -0.05) is 19.9 Å². The van der Waals surface area contributed by atoms with E-state index in [1.54, 1.807) is 0 Å². The second kappa shape index (κ2) is 3.45. The predicted octanol–water partition coefficient (Wildman–Crippen LogP) is 2.04. The number of hydrogen-bond acceptors (Lipinski definition) is 2. The van der Waals surface area contributed by atoms with Gasteiger partial charge in [0.05, 0.1) is 12.5 Å². The quantitative estimate of drug-likeness (QED) is 0.469. The Morgan fingerprint density at radius 1 is 1.50 bits per heavy atom. The van der Waals surface area contributed by atoms with Crippen LogP contribution in [0.4, 0.5) is 0 Å². The molecule has 0 saturated heterocycles. The molecule has 0 amide bonds. The molecular formula is C11H17BO2. The molecule has 0 aliphatic heterocycles. The van der Waals surface area contributed by atoms with Crippen LogP contribution >= 0.6 is 0 Å². The van der Waals surface area contributed by atoms with Crippen molar-refractivity contribution in [3.8, 4) is 0 Å². The molecule has 1 unspecified atom stereocenters. The van der Waals surface area contributed by atoms with Gasteiger partial charge in [0.25, 0.3) is 0 Å². The smallest absolute Gasteiger partial charge is 0.312 e. The van der Waals surface area contributed by atoms with E-state index in [1.807, 2.05) is 13.0 Å². The van der Waals surface area contributed by atoms with Crippen LogP contribution in [0.15, 0.2) is 11.5 Å². The van der Waals surface area contributed by atoms with Gasteiger partial charge in [0.1, 0.15) is 7.85 Å². The van der Waals surface area contributed by atoms with Gasteiger partial charge in [-0.3, -0.25) is 4.79 Å². The van der Waals surface area contributed by atoms with Crippen molar-refractivity contribution < 1.29 is 9.53 Å². The van der Waals surface area contributed by atoms with E-state index < -0.39 is 5.41 Å². The van der Waals surface area contributed by atoms with Crippen molar-refractivity contribution in [1.29, 1.82) is 0 Å². The van der Waals surface area contributed by atoms with Crippen molar-refractivity contribution in [2.45, 2.75) is 33.6 Å². The molecular weight excluding hydrogens is 175 g/mol. The molecule has 0 aromatic carbocycles. The lowest BCUT2D eigenvalue weighted by Crippen LogP contribution is -2.44. The zero-order valence-corrected chi connectivity index (χ0v) is 9.39. The van der Waals surface area contributed by atoms with E-state index in [4.69, 9.17) is 12.6 Å². The molecule has 1 aliphatic rings. The molecule has 2 nitrogen and oxygen atoms in total. The molecule has 0 bridgehead atoms. The molecule has 0 aromatic heterocycles. The summed E-state index contributed by atoms with van der Waals surface area (Å²) in [4.78, 5) is 11.7. The van der Waals surface area contributed by atoms with E-state index >= 15 is 0 Å². The Morgan fingerprint density at radius 3 is 2.50 bits per heavy atom. The maximum atomic E-state index is 11.7. The molecule has 0 spiro atoms. The second-order valence-corrected chi connectivity index (χ2v) is 4.87. The van der Waals surface area contributed by atoms with Crippen molar-refractivity contribution >= 4 is 13.8 Å². The maximum absolute atomic E-state index is 11.7. The average Bonchev–Trinajstić information content (AvgIpc) is 2.10. The SMILES string of the molecule is [B]C1=CCC(C)(C(=O)OC)C(C)(C)C1. The largest absolute Gasteiger partial charge is 0.469 e. The molecule has 1 aliphatic carbocycles. The minimum atomic E-state index is -0.454. The van der Waals surface area contributed by atoms with E-state index in [9.17, 15) is 4.79 Å². The Hall–Kier alpha value is -0.725. The van der Waals surface area contributed by atoms with Crippen LogP contribution in [0.25, 0.3) is 0 Å². The van der Waals surface area contributed by atoms with E-state index in [0.717, 1.165) is 11.9 Å². The van der Waals surface area contributed by atoms with Crippen molar-refractivity contribution in [2.75, 3.05) is 7.11 Å². The topological polar surface area (TPSA) is 26.3 Å². The van der Waals surface area contributed by atoms with Gasteiger partial charge in [0, 0.05) is 0 Å². The molecule has 3 heteroatoms. The van der Waals surface area contributed by atoms with Gasteiger partial charge in [-0.15, -0.1) is 5.47 Å². The first-order valence-electron chi connectivity index (χ1n) is 4.86. The summed E-state index contributed by atoms with van der Waals surface area (Å²) >= 11 is 0. The molecule has 0 aromatic rings. The Bertz CT molecular complexity index is 281. The third kappa shape index (κ3) is 1.60. The number of ether oxygens (including phenoxy) is 1. The van der Waals surface area contributed by atoms with Crippen LogP contribution in [0.5, 0.6) is 0 Å². The molecule has 1 rings (SSSR count). The summed E-state index contributed by atoms with van der Waals surface area (Å²) in [5.74, 6) is -0.147. The lowest BCUT2D eigenvalue weighted by molar-refractivity contribution is -0.159. The number of carbonyl (C=O) groups is 1. The third-order valence-electron chi connectivity index (χ3n) is 3.55. The van der Waals surface area contributed by atoms with Gasteiger partial charge >= 0.3 is 5.97 Å². The normalized spacial score (nSPS) is 30.7. The van der Waals surface area contributed by atoms with Gasteiger partial charge < -0.3 is 4.74 Å². The summed E-state index contributed by atoms with van der Waals surface area (Å²) in [6.45, 7) is 6.06. The van der Waals surface area contributed by atoms with Gasteiger partial charge in [0.15, 0.2) is 0 Å². The van der Waals surface area contributed by atoms with Crippen molar-refractivity contribution in [1.82, 2.24) is 0 Å². The number of carbonyl (C=O) groups excluding carboxylic acids is 1. The van der Waals surface area contributed by atoms with E-state index in [-0.39, 0.29) is 11.4 Å². The molecule has 2 radical (unpaired) electrons. The Labute approximate surface area is 87.1 Å². The first kappa shape index (κ1) is 11.4. The van der Waals surface area contributed by atoms with Crippen LogP contribution < -0.4 is 0 Å². The lowest BCUT2D eigenvalue weighted by Gasteiger charge is -2.44. The molecule has 14 heavy (non-hydrogen) atoms. The summed E-state index contributed by atoms with van der Waals surface area (Å²) in [5.41, 5.74) is 0.278. The highest BCUT2D eigenvalue weighted by molar-refractivity contribution is 6.21. The van der Waals surface area contributed by atoms with E-state index in [1.165, 1.54) is 7.11 Å². The predicted molar refractivity (Wildman–Crippen MR) is 57.0 cm³/mol. The zero-order valence-electron chi connectivity index (χ0n) is 9.39. The highest BCUT2D eigenvalue weighted by Crippen LogP contribution is 2.49. The fourth-order valence-corrected chi connectivity index (χ4v) is 1.97. The first-order valence-corrected chi connectivity index (χ1v) is 4.86. The third-order valence-corrected chi connectivity index (χ3v) is 3.55. The van der Waals surface area contributed by atoms with Crippen LogP contribution in [0, 0.1) is 10.8 Å². The number of esters is 1. The fraction of sp³-hybridized carbons (Fsp3) is 0.727. The fourth-order valence-electron chi connectivity index (χ4n) is 1.97. The summed E-state index contributed by atoms with van der Waals surface area (Å²) < 4.78 is 4.85. The number of allylic oxidation sites excluding steroid dienone is 2. The van der Waals surface area contributed by atoms with Gasteiger partial charge in [-0.2, -0.15) is 0 Å². The molecule has 0 N–H and O–H groups in total. The number of methoxy groups -OCH3 is 1. The van der Waals surface area contributed by atoms with Crippen LogP contribution in [-0.4, -0.2) is 20.9 Å². The molecule has 0 saturated carbocycles. The van der Waals surface area contributed by atoms with Crippen LogP contribution in [-0.2, 0) is 9.53 Å². The standard InChI is InChI=1S/C11H17BO2/c1-10(2)7-8(12)5-6-11(10,3)9(13)14-4/h5H,6-7H2,1-4H3. The van der Waals surface area contributed by atoms with Gasteiger partial charge in [0.2, 0.25) is 0 Å². The summed E-state index contributed by atoms with van der Waals surface area (Å²) in [5, 5.41) is 0. The van der Waals surface area contributed by atoms with Crippen LogP contribution in [0.2, 0.25) is 0 Å². The zero-order chi connectivity index (χ0) is 11.0. The average molecular weight is 192 g/mol. The monoisotopic (exact) mass is 192 g/mol. The van der Waals surface area contributed by atoms with E-state index in [2.05, 4.69) is 13.8 Å². The summed E-state index contributed by atoms with van der Waals surface area (Å²) in [6, 6.07) is 0. The minimum absolute atomic E-state index is 0.140. The Balaban J connectivity index is 3.04. The molecule has 1 atom stereocenters. The maximum Gasteiger partial charge on any atom is 0.312 e. The van der Waals surface area contributed by atoms with Crippen molar-refractivity contribution in [3.05, 3.63) is 11.5 Å². The number of hydrogen-bond donors (Lipinski definition) is 0. The summed E-state index contributed by atoms with van der Waals surface area (Å²) in [6.07, 6.45) is 3.35. The molecule has 0 fully saturated rings. The first-order chi connectivity index (χ1) is 6.33.